The maximum Gasteiger partial charge on any atom is 0.418 e. The van der Waals surface area contributed by atoms with Crippen molar-refractivity contribution in [3.8, 4) is 11.1 Å². The van der Waals surface area contributed by atoms with Gasteiger partial charge < -0.3 is 10.4 Å². The molecule has 8 heteroatoms. The number of fused-ring (bicyclic) bond motifs is 1. The Bertz CT molecular complexity index is 1670. The molecular formula is C31H22F4N2O2. The minimum atomic E-state index is -4.56. The van der Waals surface area contributed by atoms with Crippen LogP contribution in [0.1, 0.15) is 32.6 Å². The molecule has 0 bridgehead atoms. The molecule has 0 atom stereocenters. The Morgan fingerprint density at radius 1 is 0.872 bits per heavy atom. The predicted octanol–water partition coefficient (Wildman–Crippen LogP) is 7.96. The Labute approximate surface area is 221 Å². The summed E-state index contributed by atoms with van der Waals surface area (Å²) >= 11 is 0. The van der Waals surface area contributed by atoms with Gasteiger partial charge in [0, 0.05) is 18.1 Å². The smallest absolute Gasteiger partial charge is 0.418 e. The number of nitrogens with one attached hydrogen (secondary N) is 1. The Kier molecular flexibility index (Phi) is 7.02. The summed E-state index contributed by atoms with van der Waals surface area (Å²) in [5.74, 6) is -1.77. The van der Waals surface area contributed by atoms with E-state index >= 15 is 0 Å². The Morgan fingerprint density at radius 2 is 1.62 bits per heavy atom. The number of pyridine rings is 1. The second-order valence-corrected chi connectivity index (χ2v) is 9.07. The van der Waals surface area contributed by atoms with E-state index in [1.54, 1.807) is 18.2 Å². The van der Waals surface area contributed by atoms with E-state index in [4.69, 9.17) is 0 Å². The predicted molar refractivity (Wildman–Crippen MR) is 142 cm³/mol. The van der Waals surface area contributed by atoms with E-state index < -0.39 is 23.5 Å². The molecule has 0 spiro atoms. The summed E-state index contributed by atoms with van der Waals surface area (Å²) in [5.41, 5.74) is 2.85. The second kappa shape index (κ2) is 10.6. The first-order valence-electron chi connectivity index (χ1n) is 12.1. The maximum atomic E-state index is 14.3. The van der Waals surface area contributed by atoms with Gasteiger partial charge in [0.1, 0.15) is 5.82 Å². The number of anilines is 1. The highest BCUT2D eigenvalue weighted by atomic mass is 19.4. The van der Waals surface area contributed by atoms with Crippen molar-refractivity contribution in [2.45, 2.75) is 19.1 Å². The van der Waals surface area contributed by atoms with Gasteiger partial charge in [0.15, 0.2) is 0 Å². The number of aromatic carboxylic acids is 1. The monoisotopic (exact) mass is 530 g/mol. The van der Waals surface area contributed by atoms with Crippen molar-refractivity contribution in [3.05, 3.63) is 131 Å². The number of carboxylic acid groups (broad SMARTS) is 1. The van der Waals surface area contributed by atoms with E-state index in [0.29, 0.717) is 22.9 Å². The third-order valence-corrected chi connectivity index (χ3v) is 6.43. The molecule has 1 aromatic heterocycles. The van der Waals surface area contributed by atoms with Crippen LogP contribution in [0.4, 0.5) is 23.2 Å². The number of alkyl halides is 3. The molecule has 4 aromatic carbocycles. The van der Waals surface area contributed by atoms with Gasteiger partial charge in [0.25, 0.3) is 0 Å². The molecule has 0 aliphatic heterocycles. The molecule has 5 rings (SSSR count). The molecule has 0 unspecified atom stereocenters. The van der Waals surface area contributed by atoms with Crippen molar-refractivity contribution in [2.24, 2.45) is 0 Å². The van der Waals surface area contributed by atoms with Crippen molar-refractivity contribution in [3.63, 3.8) is 0 Å². The van der Waals surface area contributed by atoms with Gasteiger partial charge in [-0.25, -0.2) is 9.18 Å². The summed E-state index contributed by atoms with van der Waals surface area (Å²) in [6, 6.07) is 24.3. The van der Waals surface area contributed by atoms with Crippen LogP contribution in [0.3, 0.4) is 0 Å². The zero-order valence-electron chi connectivity index (χ0n) is 20.5. The van der Waals surface area contributed by atoms with E-state index in [2.05, 4.69) is 10.3 Å². The number of nitrogens with zero attached hydrogens (tertiary/aromatic N) is 1. The fourth-order valence-electron chi connectivity index (χ4n) is 4.61. The summed E-state index contributed by atoms with van der Waals surface area (Å²) in [5, 5.41) is 12.5. The molecular weight excluding hydrogens is 508 g/mol. The Hall–Kier alpha value is -4.72. The van der Waals surface area contributed by atoms with Crippen LogP contribution < -0.4 is 5.32 Å². The summed E-state index contributed by atoms with van der Waals surface area (Å²) < 4.78 is 55.8. The number of benzene rings is 4. The van der Waals surface area contributed by atoms with Crippen LogP contribution in [-0.2, 0) is 19.1 Å². The van der Waals surface area contributed by atoms with Crippen LogP contribution in [0.25, 0.3) is 22.0 Å². The lowest BCUT2D eigenvalue weighted by atomic mass is 9.91. The molecule has 0 aliphatic rings. The topological polar surface area (TPSA) is 62.2 Å². The minimum absolute atomic E-state index is 0.0363. The van der Waals surface area contributed by atoms with Gasteiger partial charge >= 0.3 is 12.1 Å². The highest BCUT2D eigenvalue weighted by Crippen LogP contribution is 2.39. The van der Waals surface area contributed by atoms with Crippen LogP contribution in [0.2, 0.25) is 0 Å². The molecule has 4 nitrogen and oxygen atoms in total. The second-order valence-electron chi connectivity index (χ2n) is 9.07. The molecule has 39 heavy (non-hydrogen) atoms. The van der Waals surface area contributed by atoms with Crippen molar-refractivity contribution >= 4 is 22.6 Å². The lowest BCUT2D eigenvalue weighted by Gasteiger charge is -2.17. The van der Waals surface area contributed by atoms with Gasteiger partial charge in [-0.1, -0.05) is 60.7 Å². The van der Waals surface area contributed by atoms with Crippen molar-refractivity contribution in [2.75, 3.05) is 5.32 Å². The highest BCUT2D eigenvalue weighted by molar-refractivity contribution is 5.98. The summed E-state index contributed by atoms with van der Waals surface area (Å²) in [4.78, 5) is 15.5. The first-order valence-corrected chi connectivity index (χ1v) is 12.1. The normalized spacial score (nSPS) is 11.5. The van der Waals surface area contributed by atoms with Crippen LogP contribution in [0.5, 0.6) is 0 Å². The van der Waals surface area contributed by atoms with E-state index in [1.807, 2.05) is 42.5 Å². The van der Waals surface area contributed by atoms with E-state index in [-0.39, 0.29) is 23.3 Å². The fourth-order valence-corrected chi connectivity index (χ4v) is 4.61. The molecule has 0 saturated carbocycles. The average molecular weight is 531 g/mol. The third-order valence-electron chi connectivity index (χ3n) is 6.43. The summed E-state index contributed by atoms with van der Waals surface area (Å²) in [6.07, 6.45) is -2.60. The third kappa shape index (κ3) is 5.60. The minimum Gasteiger partial charge on any atom is -0.478 e. The summed E-state index contributed by atoms with van der Waals surface area (Å²) in [6.45, 7) is 0.165. The number of carbonyl (C=O) groups is 1. The molecule has 2 N–H and O–H groups in total. The van der Waals surface area contributed by atoms with E-state index in [1.165, 1.54) is 24.4 Å². The lowest BCUT2D eigenvalue weighted by molar-refractivity contribution is -0.136. The van der Waals surface area contributed by atoms with Gasteiger partial charge in [-0.15, -0.1) is 0 Å². The number of carboxylic acids is 1. The fraction of sp³-hybridized carbons (Fsp3) is 0.0968. The SMILES string of the molecule is O=C(O)c1ccc(F)c(NCc2cccc(-c3c(Cc4ccccc4)cnc4c(C(F)(F)F)cccc34)c2)c1. The molecule has 0 aliphatic carbocycles. The van der Waals surface area contributed by atoms with Crippen LogP contribution >= 0.6 is 0 Å². The number of hydrogen-bond donors (Lipinski definition) is 2. The van der Waals surface area contributed by atoms with E-state index in [0.717, 1.165) is 28.8 Å². The van der Waals surface area contributed by atoms with Gasteiger partial charge in [0.05, 0.1) is 22.3 Å². The van der Waals surface area contributed by atoms with Crippen LogP contribution in [-0.4, -0.2) is 16.1 Å². The molecule has 0 saturated heterocycles. The first kappa shape index (κ1) is 25.9. The zero-order chi connectivity index (χ0) is 27.6. The van der Waals surface area contributed by atoms with Crippen molar-refractivity contribution in [1.29, 1.82) is 0 Å². The van der Waals surface area contributed by atoms with Crippen molar-refractivity contribution in [1.82, 2.24) is 4.98 Å². The van der Waals surface area contributed by atoms with Crippen molar-refractivity contribution < 1.29 is 27.5 Å². The lowest BCUT2D eigenvalue weighted by Crippen LogP contribution is -2.07. The highest BCUT2D eigenvalue weighted by Gasteiger charge is 2.33. The van der Waals surface area contributed by atoms with Gasteiger partial charge in [-0.3, -0.25) is 4.98 Å². The van der Waals surface area contributed by atoms with Crippen LogP contribution in [0.15, 0.2) is 97.2 Å². The summed E-state index contributed by atoms with van der Waals surface area (Å²) in [7, 11) is 0. The molecule has 0 fully saturated rings. The molecule has 0 amide bonds. The van der Waals surface area contributed by atoms with Crippen LogP contribution in [0, 0.1) is 5.82 Å². The number of halogens is 4. The van der Waals surface area contributed by atoms with Gasteiger partial charge in [0.2, 0.25) is 0 Å². The number of aromatic nitrogens is 1. The molecule has 1 heterocycles. The molecule has 196 valence electrons. The molecule has 0 radical (unpaired) electrons. The largest absolute Gasteiger partial charge is 0.478 e. The standard InChI is InChI=1S/C31H22F4N2O2/c32-26-13-12-22(30(38)39)16-27(26)36-17-20-8-4-9-21(15-20)28-23(14-19-6-2-1-3-7-19)18-37-29-24(28)10-5-11-25(29)31(33,34)35/h1-13,15-16,18,36H,14,17H2,(H,38,39). The number of para-hydroxylation sites is 1. The quantitative estimate of drug-likeness (QED) is 0.210. The first-order chi connectivity index (χ1) is 18.7. The van der Waals surface area contributed by atoms with Gasteiger partial charge in [-0.2, -0.15) is 13.2 Å². The Morgan fingerprint density at radius 3 is 2.36 bits per heavy atom. The maximum absolute atomic E-state index is 14.3. The molecule has 5 aromatic rings. The zero-order valence-corrected chi connectivity index (χ0v) is 20.5. The average Bonchev–Trinajstić information content (AvgIpc) is 2.92. The van der Waals surface area contributed by atoms with E-state index in [9.17, 15) is 27.5 Å². The van der Waals surface area contributed by atoms with Gasteiger partial charge in [-0.05, 0) is 64.6 Å². The number of hydrogen-bond acceptors (Lipinski definition) is 3. The number of rotatable bonds is 7. The Balaban J connectivity index is 1.58.